The van der Waals surface area contributed by atoms with Gasteiger partial charge in [0.15, 0.2) is 11.6 Å². The molecule has 0 radical (unpaired) electrons. The van der Waals surface area contributed by atoms with Gasteiger partial charge >= 0.3 is 0 Å². The Kier molecular flexibility index (Phi) is 6.91. The smallest absolute Gasteiger partial charge is 0.249 e. The highest BCUT2D eigenvalue weighted by Crippen LogP contribution is 2.35. The van der Waals surface area contributed by atoms with Crippen molar-refractivity contribution in [2.75, 3.05) is 13.2 Å². The summed E-state index contributed by atoms with van der Waals surface area (Å²) in [5.74, 6) is -1.09. The topological polar surface area (TPSA) is 71.4 Å². The van der Waals surface area contributed by atoms with Crippen molar-refractivity contribution in [2.24, 2.45) is 5.73 Å². The number of H-pyrrole nitrogens is 1. The van der Waals surface area contributed by atoms with Crippen LogP contribution < -0.4 is 10.5 Å². The van der Waals surface area contributed by atoms with Gasteiger partial charge in [0, 0.05) is 40.3 Å². The summed E-state index contributed by atoms with van der Waals surface area (Å²) >= 11 is 0. The van der Waals surface area contributed by atoms with Crippen LogP contribution in [0.15, 0.2) is 36.5 Å². The molecule has 3 aromatic rings. The van der Waals surface area contributed by atoms with E-state index in [2.05, 4.69) is 9.88 Å². The summed E-state index contributed by atoms with van der Waals surface area (Å²) in [6.45, 7) is 1.25. The molecule has 3 N–H and O–H groups in total. The molecular formula is C25H28ClF2N3O2. The fourth-order valence-electron chi connectivity index (χ4n) is 5.07. The Labute approximate surface area is 197 Å². The number of aromatic amines is 1. The predicted molar refractivity (Wildman–Crippen MR) is 126 cm³/mol. The van der Waals surface area contributed by atoms with Gasteiger partial charge in [0.25, 0.3) is 0 Å². The van der Waals surface area contributed by atoms with E-state index in [-0.39, 0.29) is 30.0 Å². The molecule has 176 valence electrons. The lowest BCUT2D eigenvalue weighted by atomic mass is 9.87. The Morgan fingerprint density at radius 3 is 2.73 bits per heavy atom. The first-order valence-corrected chi connectivity index (χ1v) is 11.3. The van der Waals surface area contributed by atoms with E-state index in [4.69, 9.17) is 10.5 Å². The quantitative estimate of drug-likeness (QED) is 0.517. The van der Waals surface area contributed by atoms with E-state index in [0.29, 0.717) is 30.2 Å². The molecule has 1 aromatic heterocycles. The van der Waals surface area contributed by atoms with Gasteiger partial charge in [0.1, 0.15) is 12.4 Å². The highest BCUT2D eigenvalue weighted by atomic mass is 35.5. The van der Waals surface area contributed by atoms with Crippen molar-refractivity contribution < 1.29 is 18.3 Å². The van der Waals surface area contributed by atoms with Crippen LogP contribution in [0.3, 0.4) is 0 Å². The van der Waals surface area contributed by atoms with Crippen LogP contribution in [-0.2, 0) is 12.8 Å². The molecule has 1 aliphatic heterocycles. The number of primary amides is 1. The lowest BCUT2D eigenvalue weighted by Gasteiger charge is -2.44. The molecule has 2 aliphatic rings. The molecule has 2 heterocycles. The number of nitrogens with zero attached hydrogens (tertiary/aromatic N) is 1. The van der Waals surface area contributed by atoms with Crippen molar-refractivity contribution in [3.63, 3.8) is 0 Å². The minimum atomic E-state index is -0.563. The van der Waals surface area contributed by atoms with E-state index in [9.17, 15) is 13.6 Å². The molecule has 8 heteroatoms. The van der Waals surface area contributed by atoms with Gasteiger partial charge in [-0.3, -0.25) is 9.69 Å². The molecule has 1 amide bonds. The van der Waals surface area contributed by atoms with E-state index in [0.717, 1.165) is 48.7 Å². The van der Waals surface area contributed by atoms with E-state index in [1.807, 2.05) is 6.20 Å². The van der Waals surface area contributed by atoms with Gasteiger partial charge in [-0.15, -0.1) is 12.4 Å². The Bertz CT molecular complexity index is 1160. The molecular weight excluding hydrogens is 448 g/mol. The molecule has 1 atom stereocenters. The number of rotatable bonds is 7. The minimum absolute atomic E-state index is 0. The monoisotopic (exact) mass is 475 g/mol. The first-order valence-electron chi connectivity index (χ1n) is 11.3. The number of ether oxygens (including phenoxy) is 1. The molecule has 5 nitrogen and oxygen atoms in total. The van der Waals surface area contributed by atoms with E-state index in [1.165, 1.54) is 24.6 Å². The third kappa shape index (κ3) is 4.57. The number of benzene rings is 2. The Morgan fingerprint density at radius 1 is 1.18 bits per heavy atom. The zero-order chi connectivity index (χ0) is 22.2. The molecule has 0 spiro atoms. The Balaban J connectivity index is 0.00000259. The first kappa shape index (κ1) is 23.5. The van der Waals surface area contributed by atoms with Gasteiger partial charge in [-0.1, -0.05) is 6.42 Å². The van der Waals surface area contributed by atoms with Crippen LogP contribution >= 0.6 is 12.4 Å². The third-order valence-electron chi connectivity index (χ3n) is 6.94. The van der Waals surface area contributed by atoms with Crippen molar-refractivity contribution in [3.8, 4) is 5.75 Å². The molecule has 0 saturated heterocycles. The van der Waals surface area contributed by atoms with E-state index < -0.39 is 11.7 Å². The van der Waals surface area contributed by atoms with Gasteiger partial charge in [0.05, 0.1) is 0 Å². The second-order valence-corrected chi connectivity index (χ2v) is 8.87. The number of nitrogens with two attached hydrogens (primary N) is 1. The molecule has 1 fully saturated rings. The largest absolute Gasteiger partial charge is 0.489 e. The van der Waals surface area contributed by atoms with Crippen LogP contribution in [-0.4, -0.2) is 41.0 Å². The third-order valence-corrected chi connectivity index (χ3v) is 6.94. The summed E-state index contributed by atoms with van der Waals surface area (Å²) in [5.41, 5.74) is 8.49. The van der Waals surface area contributed by atoms with Crippen LogP contribution in [0.4, 0.5) is 8.78 Å². The van der Waals surface area contributed by atoms with Crippen molar-refractivity contribution in [1.82, 2.24) is 9.88 Å². The number of hydrogen-bond acceptors (Lipinski definition) is 3. The van der Waals surface area contributed by atoms with Crippen LogP contribution in [0, 0.1) is 11.6 Å². The number of hydrogen-bond donors (Lipinski definition) is 2. The zero-order valence-electron chi connectivity index (χ0n) is 18.3. The van der Waals surface area contributed by atoms with Gasteiger partial charge in [-0.25, -0.2) is 8.78 Å². The average Bonchev–Trinajstić information content (AvgIpc) is 3.13. The Morgan fingerprint density at radius 2 is 2.00 bits per heavy atom. The number of fused-ring (bicyclic) bond motifs is 2. The van der Waals surface area contributed by atoms with Crippen molar-refractivity contribution in [1.29, 1.82) is 0 Å². The summed E-state index contributed by atoms with van der Waals surface area (Å²) < 4.78 is 33.8. The standard InChI is InChI=1S/C25H27F2N3O2.ClH/c26-16-6-9-23-20(11-16)15(13-29-23)3-2-10-30(17-4-1-5-17)18-12-21-19(25(28)31)7-8-22(27)24(21)32-14-18;/h6-9,11,13,17-18,29H,1-5,10,12,14H2,(H2,28,31);1H. The van der Waals surface area contributed by atoms with Gasteiger partial charge in [-0.05, 0) is 74.5 Å². The van der Waals surface area contributed by atoms with Crippen LogP contribution in [0.25, 0.3) is 10.9 Å². The maximum Gasteiger partial charge on any atom is 0.249 e. The maximum absolute atomic E-state index is 14.3. The highest BCUT2D eigenvalue weighted by molar-refractivity contribution is 5.95. The number of carbonyl (C=O) groups is 1. The van der Waals surface area contributed by atoms with Crippen LogP contribution in [0.1, 0.15) is 47.2 Å². The normalized spacial score (nSPS) is 17.8. The summed E-state index contributed by atoms with van der Waals surface area (Å²) in [5, 5.41) is 0.927. The van der Waals surface area contributed by atoms with Gasteiger partial charge in [-0.2, -0.15) is 0 Å². The van der Waals surface area contributed by atoms with Gasteiger partial charge in [0.2, 0.25) is 5.91 Å². The number of aryl methyl sites for hydroxylation is 1. The molecule has 0 bridgehead atoms. The lowest BCUT2D eigenvalue weighted by molar-refractivity contribution is 0.0421. The Hall–Kier alpha value is -2.64. The van der Waals surface area contributed by atoms with Gasteiger partial charge < -0.3 is 15.5 Å². The molecule has 1 unspecified atom stereocenters. The summed E-state index contributed by atoms with van der Waals surface area (Å²) in [7, 11) is 0. The number of carbonyl (C=O) groups excluding carboxylic acids is 1. The van der Waals surface area contributed by atoms with E-state index >= 15 is 0 Å². The number of halogens is 3. The van der Waals surface area contributed by atoms with Crippen molar-refractivity contribution >= 4 is 29.2 Å². The molecule has 1 saturated carbocycles. The number of amides is 1. The summed E-state index contributed by atoms with van der Waals surface area (Å²) in [6, 6.07) is 8.03. The lowest BCUT2D eigenvalue weighted by Crippen LogP contribution is -2.51. The highest BCUT2D eigenvalue weighted by Gasteiger charge is 2.35. The molecule has 5 rings (SSSR count). The fraction of sp³-hybridized carbons (Fsp3) is 0.400. The first-order chi connectivity index (χ1) is 15.5. The second kappa shape index (κ2) is 9.69. The summed E-state index contributed by atoms with van der Waals surface area (Å²) in [4.78, 5) is 17.6. The molecule has 33 heavy (non-hydrogen) atoms. The van der Waals surface area contributed by atoms with Crippen molar-refractivity contribution in [3.05, 3.63) is 64.9 Å². The molecule has 2 aromatic carbocycles. The fourth-order valence-corrected chi connectivity index (χ4v) is 5.07. The zero-order valence-corrected chi connectivity index (χ0v) is 19.1. The molecule has 1 aliphatic carbocycles. The second-order valence-electron chi connectivity index (χ2n) is 8.87. The van der Waals surface area contributed by atoms with Crippen LogP contribution in [0.2, 0.25) is 0 Å². The number of nitrogens with one attached hydrogen (secondary N) is 1. The number of aromatic nitrogens is 1. The summed E-state index contributed by atoms with van der Waals surface area (Å²) in [6.07, 6.45) is 7.71. The van der Waals surface area contributed by atoms with Crippen molar-refractivity contribution in [2.45, 2.75) is 50.6 Å². The average molecular weight is 476 g/mol. The van der Waals surface area contributed by atoms with E-state index in [1.54, 1.807) is 12.1 Å². The predicted octanol–water partition coefficient (Wildman–Crippen LogP) is 4.76. The van der Waals surface area contributed by atoms with Crippen LogP contribution in [0.5, 0.6) is 5.75 Å². The SMILES string of the molecule is Cl.NC(=O)c1ccc(F)c2c1CC(N(CCCc1c[nH]c3ccc(F)cc13)C1CCC1)CO2. The minimum Gasteiger partial charge on any atom is -0.489 e. The maximum atomic E-state index is 14.3.